The number of imidazole rings is 1. The Bertz CT molecular complexity index is 1440. The Balaban J connectivity index is 1.79. The van der Waals surface area contributed by atoms with Crippen LogP contribution < -0.4 is 5.62 Å². The Hall–Kier alpha value is -3.28. The van der Waals surface area contributed by atoms with Crippen molar-refractivity contribution >= 4 is 16.7 Å². The lowest BCUT2D eigenvalue weighted by atomic mass is 10.1. The van der Waals surface area contributed by atoms with Crippen LogP contribution in [0.5, 0.6) is 0 Å². The van der Waals surface area contributed by atoms with E-state index in [-0.39, 0.29) is 0 Å². The maximum Gasteiger partial charge on any atom is 0.416 e. The number of aromatic nitrogens is 2. The third-order valence-corrected chi connectivity index (χ3v) is 6.82. The summed E-state index contributed by atoms with van der Waals surface area (Å²) in [6.45, 7) is 4.35. The van der Waals surface area contributed by atoms with Crippen molar-refractivity contribution < 1.29 is 13.2 Å². The highest BCUT2D eigenvalue weighted by Crippen LogP contribution is 2.34. The van der Waals surface area contributed by atoms with Gasteiger partial charge in [0.05, 0.1) is 28.8 Å². The maximum absolute atomic E-state index is 13.8. The Labute approximate surface area is 197 Å². The molecule has 3 nitrogen and oxygen atoms in total. The van der Waals surface area contributed by atoms with Crippen LogP contribution in [0, 0.1) is 6.92 Å². The number of alkyl halides is 3. The molecule has 34 heavy (non-hydrogen) atoms. The number of halogens is 3. The van der Waals surface area contributed by atoms with E-state index >= 15 is 0 Å². The van der Waals surface area contributed by atoms with E-state index in [0.717, 1.165) is 41.6 Å². The summed E-state index contributed by atoms with van der Waals surface area (Å²) in [6.07, 6.45) is -0.613. The van der Waals surface area contributed by atoms with Crippen molar-refractivity contribution in [2.45, 2.75) is 52.3 Å². The Morgan fingerprint density at radius 3 is 2.38 bits per heavy atom. The minimum Gasteiger partial charge on any atom is -0.313 e. The molecule has 176 valence electrons. The molecule has 0 atom stereocenters. The normalized spacial score (nSPS) is 14.2. The van der Waals surface area contributed by atoms with Crippen LogP contribution in [0.3, 0.4) is 0 Å². The number of hydrogen-bond acceptors (Lipinski definition) is 1. The quantitative estimate of drug-likeness (QED) is 0.324. The molecule has 1 aliphatic rings. The molecule has 0 N–H and O–H groups in total. The molecule has 0 aliphatic heterocycles. The third-order valence-electron chi connectivity index (χ3n) is 6.82. The van der Waals surface area contributed by atoms with Crippen molar-refractivity contribution in [2.24, 2.45) is 12.0 Å². The monoisotopic (exact) mass is 463 g/mol. The summed E-state index contributed by atoms with van der Waals surface area (Å²) in [6, 6.07) is 16.9. The number of aryl methyl sites for hydroxylation is 5. The van der Waals surface area contributed by atoms with Crippen LogP contribution in [0.4, 0.5) is 18.9 Å². The van der Waals surface area contributed by atoms with E-state index < -0.39 is 11.7 Å². The summed E-state index contributed by atoms with van der Waals surface area (Å²) < 4.78 is 45.2. The zero-order valence-electron chi connectivity index (χ0n) is 19.7. The average Bonchev–Trinajstić information content (AvgIpc) is 3.37. The van der Waals surface area contributed by atoms with Gasteiger partial charge in [-0.2, -0.15) is 13.2 Å². The minimum atomic E-state index is -4.41. The number of hydrogen-bond donors (Lipinski definition) is 0. The fourth-order valence-electron chi connectivity index (χ4n) is 5.00. The number of nitrogens with zero attached hydrogens (tertiary/aromatic N) is 3. The second-order valence-corrected chi connectivity index (χ2v) is 9.20. The van der Waals surface area contributed by atoms with Gasteiger partial charge in [-0.25, -0.2) is 4.99 Å². The van der Waals surface area contributed by atoms with Crippen LogP contribution >= 0.6 is 0 Å². The van der Waals surface area contributed by atoms with E-state index in [1.165, 1.54) is 23.3 Å². The lowest BCUT2D eigenvalue weighted by Crippen LogP contribution is -2.24. The zero-order chi connectivity index (χ0) is 24.0. The fraction of sp³-hybridized carbons (Fsp3) is 0.321. The molecule has 0 fully saturated rings. The fourth-order valence-corrected chi connectivity index (χ4v) is 5.00. The van der Waals surface area contributed by atoms with E-state index in [4.69, 9.17) is 4.99 Å². The van der Waals surface area contributed by atoms with E-state index in [9.17, 15) is 13.2 Å². The topological polar surface area (TPSA) is 22.2 Å². The average molecular weight is 464 g/mol. The van der Waals surface area contributed by atoms with Gasteiger partial charge in [0.25, 0.3) is 0 Å². The number of rotatable bonds is 4. The summed E-state index contributed by atoms with van der Waals surface area (Å²) in [5.41, 5.74) is 7.71. The molecule has 0 spiro atoms. The molecule has 4 aromatic rings. The predicted octanol–water partition coefficient (Wildman–Crippen LogP) is 6.64. The van der Waals surface area contributed by atoms with Gasteiger partial charge in [0, 0.05) is 7.05 Å². The van der Waals surface area contributed by atoms with Gasteiger partial charge in [0.15, 0.2) is 0 Å². The molecule has 1 aliphatic carbocycles. The van der Waals surface area contributed by atoms with Crippen LogP contribution in [-0.4, -0.2) is 9.13 Å². The van der Waals surface area contributed by atoms with Gasteiger partial charge >= 0.3 is 6.18 Å². The Morgan fingerprint density at radius 2 is 1.68 bits per heavy atom. The first-order valence-corrected chi connectivity index (χ1v) is 11.8. The summed E-state index contributed by atoms with van der Waals surface area (Å²) >= 11 is 0. The molecule has 6 heteroatoms. The van der Waals surface area contributed by atoms with E-state index in [1.54, 1.807) is 0 Å². The Kier molecular flexibility index (Phi) is 5.62. The number of fused-ring (bicyclic) bond motifs is 2. The largest absolute Gasteiger partial charge is 0.416 e. The summed E-state index contributed by atoms with van der Waals surface area (Å²) in [5.74, 6) is 0. The van der Waals surface area contributed by atoms with Gasteiger partial charge in [-0.05, 0) is 79.1 Å². The first-order chi connectivity index (χ1) is 16.2. The van der Waals surface area contributed by atoms with E-state index in [1.807, 2.05) is 60.4 Å². The van der Waals surface area contributed by atoms with Crippen molar-refractivity contribution in [2.75, 3.05) is 0 Å². The number of benzene rings is 3. The molecule has 1 aromatic heterocycles. The molecule has 0 saturated heterocycles. The molecular weight excluding hydrogens is 435 g/mol. The first-order valence-electron chi connectivity index (χ1n) is 11.8. The Morgan fingerprint density at radius 1 is 0.941 bits per heavy atom. The second-order valence-electron chi connectivity index (χ2n) is 9.20. The van der Waals surface area contributed by atoms with Crippen LogP contribution in [0.25, 0.3) is 11.0 Å². The van der Waals surface area contributed by atoms with Gasteiger partial charge < -0.3 is 9.13 Å². The highest BCUT2D eigenvalue weighted by molar-refractivity contribution is 5.81. The molecule has 0 radical (unpaired) electrons. The van der Waals surface area contributed by atoms with Gasteiger partial charge in [0.1, 0.15) is 0 Å². The smallest absolute Gasteiger partial charge is 0.313 e. The predicted molar refractivity (Wildman–Crippen MR) is 129 cm³/mol. The van der Waals surface area contributed by atoms with Gasteiger partial charge in [-0.3, -0.25) is 0 Å². The zero-order valence-corrected chi connectivity index (χ0v) is 19.7. The first kappa shape index (κ1) is 22.5. The minimum absolute atomic E-state index is 0.436. The summed E-state index contributed by atoms with van der Waals surface area (Å²) in [7, 11) is 1.90. The molecule has 0 amide bonds. The second kappa shape index (κ2) is 8.49. The molecule has 5 rings (SSSR count). The molecule has 3 aromatic carbocycles. The van der Waals surface area contributed by atoms with E-state index in [0.29, 0.717) is 29.7 Å². The van der Waals surface area contributed by atoms with Crippen molar-refractivity contribution in [1.29, 1.82) is 0 Å². The van der Waals surface area contributed by atoms with Gasteiger partial charge in [0.2, 0.25) is 5.62 Å². The van der Waals surface area contributed by atoms with Crippen molar-refractivity contribution in [3.8, 4) is 0 Å². The highest BCUT2D eigenvalue weighted by Gasteiger charge is 2.32. The van der Waals surface area contributed by atoms with Gasteiger partial charge in [-0.1, -0.05) is 42.8 Å². The van der Waals surface area contributed by atoms with Crippen LogP contribution in [0.1, 0.15) is 46.7 Å². The third kappa shape index (κ3) is 4.06. The highest BCUT2D eigenvalue weighted by atomic mass is 19.4. The lowest BCUT2D eigenvalue weighted by molar-refractivity contribution is -0.137. The van der Waals surface area contributed by atoms with Crippen molar-refractivity contribution in [1.82, 2.24) is 9.13 Å². The molecular formula is C28H28F3N3. The van der Waals surface area contributed by atoms with Gasteiger partial charge in [-0.15, -0.1) is 0 Å². The standard InChI is InChI=1S/C28H28F3N3/c1-4-20-14-23(28(29,30)31)16-25-26(20)33(3)27(34(25)17-19-10-8-18(2)9-11-19)32-24-13-12-21-6-5-7-22(21)15-24/h8-16H,4-7,17H2,1-3H3. The van der Waals surface area contributed by atoms with Crippen LogP contribution in [-0.2, 0) is 39.0 Å². The summed E-state index contributed by atoms with van der Waals surface area (Å²) in [4.78, 5) is 4.98. The van der Waals surface area contributed by atoms with Crippen molar-refractivity contribution in [3.05, 3.63) is 93.6 Å². The van der Waals surface area contributed by atoms with Crippen LogP contribution in [0.15, 0.2) is 59.6 Å². The molecule has 0 saturated carbocycles. The molecule has 0 unspecified atom stereocenters. The van der Waals surface area contributed by atoms with Crippen molar-refractivity contribution in [3.63, 3.8) is 0 Å². The lowest BCUT2D eigenvalue weighted by Gasteiger charge is -2.12. The maximum atomic E-state index is 13.8. The summed E-state index contributed by atoms with van der Waals surface area (Å²) in [5, 5.41) is 0. The van der Waals surface area contributed by atoms with Crippen LogP contribution in [0.2, 0.25) is 0 Å². The molecule has 0 bridgehead atoms. The SMILES string of the molecule is CCc1cc(C(F)(F)F)cc2c1n(C)c(=Nc1ccc3c(c1)CCC3)n2Cc1ccc(C)cc1. The van der Waals surface area contributed by atoms with E-state index in [2.05, 4.69) is 12.1 Å². The molecule has 1 heterocycles.